The summed E-state index contributed by atoms with van der Waals surface area (Å²) in [5.74, 6) is -1.01. The highest BCUT2D eigenvalue weighted by Crippen LogP contribution is 2.19. The number of hydrogen-bond acceptors (Lipinski definition) is 6. The molecule has 0 bridgehead atoms. The van der Waals surface area contributed by atoms with Gasteiger partial charge in [-0.25, -0.2) is 0 Å². The van der Waals surface area contributed by atoms with E-state index in [4.69, 9.17) is 10.5 Å². The number of nitriles is 1. The summed E-state index contributed by atoms with van der Waals surface area (Å²) in [6, 6.07) is 13.5. The number of nitro benzene ring substituents is 1. The predicted octanol–water partition coefficient (Wildman–Crippen LogP) is 2.00. The van der Waals surface area contributed by atoms with Crippen LogP contribution in [-0.4, -0.2) is 23.3 Å². The number of nitrogens with one attached hydrogen (secondary N) is 1. The number of nitro groups is 1. The summed E-state index contributed by atoms with van der Waals surface area (Å²) >= 11 is 0. The second-order valence-electron chi connectivity index (χ2n) is 5.26. The maximum Gasteiger partial charge on any atom is 0.271 e. The molecule has 2 aromatic rings. The highest BCUT2D eigenvalue weighted by molar-refractivity contribution is 6.09. The zero-order valence-electron chi connectivity index (χ0n) is 13.9. The maximum absolute atomic E-state index is 12.3. The molecule has 9 heteroatoms. The molecule has 136 valence electrons. The number of hydrogen-bond donors (Lipinski definition) is 2. The molecule has 0 saturated heterocycles. The molecule has 9 nitrogen and oxygen atoms in total. The van der Waals surface area contributed by atoms with E-state index in [-0.39, 0.29) is 23.6 Å². The topological polar surface area (TPSA) is 148 Å². The summed E-state index contributed by atoms with van der Waals surface area (Å²) in [6.45, 7) is -0.300. The molecular formula is C18H14N4O5. The smallest absolute Gasteiger partial charge is 0.271 e. The molecular weight excluding hydrogens is 352 g/mol. The van der Waals surface area contributed by atoms with E-state index in [1.807, 2.05) is 0 Å². The fourth-order valence-corrected chi connectivity index (χ4v) is 2.06. The highest BCUT2D eigenvalue weighted by Gasteiger charge is 2.12. The van der Waals surface area contributed by atoms with E-state index in [0.717, 1.165) is 0 Å². The van der Waals surface area contributed by atoms with Gasteiger partial charge in [0.1, 0.15) is 17.4 Å². The lowest BCUT2D eigenvalue weighted by Gasteiger charge is -2.06. The van der Waals surface area contributed by atoms with Crippen LogP contribution < -0.4 is 15.8 Å². The van der Waals surface area contributed by atoms with Crippen LogP contribution in [0.5, 0.6) is 5.75 Å². The number of benzene rings is 2. The normalized spacial score (nSPS) is 10.6. The fourth-order valence-electron chi connectivity index (χ4n) is 2.06. The van der Waals surface area contributed by atoms with Crippen molar-refractivity contribution in [2.75, 3.05) is 11.9 Å². The third-order valence-corrected chi connectivity index (χ3v) is 3.23. The van der Waals surface area contributed by atoms with Crippen molar-refractivity contribution in [3.63, 3.8) is 0 Å². The molecule has 0 atom stereocenters. The van der Waals surface area contributed by atoms with E-state index >= 15 is 0 Å². The molecule has 2 amide bonds. The first-order valence-electron chi connectivity index (χ1n) is 7.58. The van der Waals surface area contributed by atoms with Crippen LogP contribution >= 0.6 is 0 Å². The fraction of sp³-hybridized carbons (Fsp3) is 0.0556. The summed E-state index contributed by atoms with van der Waals surface area (Å²) in [5, 5.41) is 22.5. The van der Waals surface area contributed by atoms with Crippen molar-refractivity contribution in [1.29, 1.82) is 5.26 Å². The minimum atomic E-state index is -0.721. The number of amides is 2. The Balaban J connectivity index is 2.18. The molecule has 2 rings (SSSR count). The first-order chi connectivity index (χ1) is 12.9. The molecule has 0 aromatic heterocycles. The zero-order chi connectivity index (χ0) is 19.8. The van der Waals surface area contributed by atoms with Gasteiger partial charge < -0.3 is 15.8 Å². The van der Waals surface area contributed by atoms with Crippen molar-refractivity contribution in [1.82, 2.24) is 0 Å². The average Bonchev–Trinajstić information content (AvgIpc) is 2.65. The van der Waals surface area contributed by atoms with Gasteiger partial charge in [0.25, 0.3) is 17.5 Å². The van der Waals surface area contributed by atoms with Crippen LogP contribution in [0.15, 0.2) is 54.1 Å². The number of rotatable bonds is 7. The number of carbonyl (C=O) groups excluding carboxylic acids is 2. The second-order valence-corrected chi connectivity index (χ2v) is 5.26. The van der Waals surface area contributed by atoms with Crippen molar-refractivity contribution >= 4 is 29.3 Å². The van der Waals surface area contributed by atoms with Gasteiger partial charge in [-0.3, -0.25) is 19.7 Å². The molecule has 0 saturated carbocycles. The van der Waals surface area contributed by atoms with E-state index in [2.05, 4.69) is 5.32 Å². The minimum absolute atomic E-state index is 0.186. The highest BCUT2D eigenvalue weighted by atomic mass is 16.6. The Hall–Kier alpha value is -4.19. The summed E-state index contributed by atoms with van der Waals surface area (Å²) in [4.78, 5) is 33.2. The van der Waals surface area contributed by atoms with Gasteiger partial charge in [0, 0.05) is 17.8 Å². The Morgan fingerprint density at radius 3 is 2.67 bits per heavy atom. The Morgan fingerprint density at radius 2 is 2.00 bits per heavy atom. The quantitative estimate of drug-likeness (QED) is 0.331. The first-order valence-corrected chi connectivity index (χ1v) is 7.58. The molecule has 0 spiro atoms. The molecule has 0 aliphatic rings. The Morgan fingerprint density at radius 1 is 1.26 bits per heavy atom. The number of non-ortho nitro benzene ring substituents is 1. The number of carbonyl (C=O) groups is 2. The van der Waals surface area contributed by atoms with Gasteiger partial charge in [-0.2, -0.15) is 5.26 Å². The van der Waals surface area contributed by atoms with Crippen LogP contribution in [-0.2, 0) is 9.59 Å². The minimum Gasteiger partial charge on any atom is -0.484 e. The van der Waals surface area contributed by atoms with Gasteiger partial charge in [-0.15, -0.1) is 0 Å². The summed E-state index contributed by atoms with van der Waals surface area (Å²) < 4.78 is 5.16. The van der Waals surface area contributed by atoms with Crippen LogP contribution in [0, 0.1) is 21.4 Å². The molecule has 27 heavy (non-hydrogen) atoms. The maximum atomic E-state index is 12.3. The Labute approximate surface area is 153 Å². The van der Waals surface area contributed by atoms with Gasteiger partial charge in [0.05, 0.1) is 4.92 Å². The van der Waals surface area contributed by atoms with Crippen molar-refractivity contribution in [2.45, 2.75) is 0 Å². The number of nitrogens with two attached hydrogens (primary N) is 1. The lowest BCUT2D eigenvalue weighted by molar-refractivity contribution is -0.384. The van der Waals surface area contributed by atoms with E-state index in [9.17, 15) is 25.0 Å². The lowest BCUT2D eigenvalue weighted by Crippen LogP contribution is -2.20. The Bertz CT molecular complexity index is 962. The SMILES string of the molecule is N#C/C(=C/c1cccc(OCC(N)=O)c1)C(=O)Nc1cccc([N+](=O)[O-])c1. The van der Waals surface area contributed by atoms with Crippen LogP contribution in [0.2, 0.25) is 0 Å². The van der Waals surface area contributed by atoms with E-state index in [1.165, 1.54) is 36.4 Å². The van der Waals surface area contributed by atoms with E-state index < -0.39 is 16.7 Å². The lowest BCUT2D eigenvalue weighted by atomic mass is 10.1. The van der Waals surface area contributed by atoms with E-state index in [0.29, 0.717) is 11.3 Å². The van der Waals surface area contributed by atoms with Crippen molar-refractivity contribution < 1.29 is 19.2 Å². The summed E-state index contributed by atoms with van der Waals surface area (Å²) in [6.07, 6.45) is 1.32. The van der Waals surface area contributed by atoms with Gasteiger partial charge in [-0.05, 0) is 29.8 Å². The number of nitrogens with zero attached hydrogens (tertiary/aromatic N) is 2. The van der Waals surface area contributed by atoms with Crippen LogP contribution in [0.4, 0.5) is 11.4 Å². The molecule has 0 aliphatic heterocycles. The standard InChI is InChI=1S/C18H14N4O5/c19-10-13(7-12-3-1-6-16(8-12)27-11-17(20)23)18(24)21-14-4-2-5-15(9-14)22(25)26/h1-9H,11H2,(H2,20,23)(H,21,24)/b13-7-. The van der Waals surface area contributed by atoms with Crippen molar-refractivity contribution in [3.05, 3.63) is 69.8 Å². The van der Waals surface area contributed by atoms with Gasteiger partial charge in [-0.1, -0.05) is 18.2 Å². The molecule has 0 radical (unpaired) electrons. The van der Waals surface area contributed by atoms with Crippen LogP contribution in [0.25, 0.3) is 6.08 Å². The van der Waals surface area contributed by atoms with Gasteiger partial charge >= 0.3 is 0 Å². The van der Waals surface area contributed by atoms with Crippen LogP contribution in [0.1, 0.15) is 5.56 Å². The molecule has 0 heterocycles. The number of anilines is 1. The number of ether oxygens (including phenoxy) is 1. The van der Waals surface area contributed by atoms with E-state index in [1.54, 1.807) is 24.3 Å². The zero-order valence-corrected chi connectivity index (χ0v) is 13.9. The monoisotopic (exact) mass is 366 g/mol. The van der Waals surface area contributed by atoms with Crippen LogP contribution in [0.3, 0.4) is 0 Å². The third-order valence-electron chi connectivity index (χ3n) is 3.23. The molecule has 0 aliphatic carbocycles. The Kier molecular flexibility index (Phi) is 6.22. The third kappa shape index (κ3) is 5.68. The summed E-state index contributed by atoms with van der Waals surface area (Å²) in [5.41, 5.74) is 5.29. The average molecular weight is 366 g/mol. The second kappa shape index (κ2) is 8.77. The largest absolute Gasteiger partial charge is 0.484 e. The summed E-state index contributed by atoms with van der Waals surface area (Å²) in [7, 11) is 0. The van der Waals surface area contributed by atoms with Crippen molar-refractivity contribution in [2.24, 2.45) is 5.73 Å². The van der Waals surface area contributed by atoms with Gasteiger partial charge in [0.2, 0.25) is 0 Å². The molecule has 0 unspecified atom stereocenters. The van der Waals surface area contributed by atoms with Gasteiger partial charge in [0.15, 0.2) is 6.61 Å². The molecule has 2 aromatic carbocycles. The predicted molar refractivity (Wildman–Crippen MR) is 96.4 cm³/mol. The molecule has 3 N–H and O–H groups in total. The number of primary amides is 1. The molecule has 0 fully saturated rings. The first kappa shape index (κ1) is 19.1. The van der Waals surface area contributed by atoms with Crippen molar-refractivity contribution in [3.8, 4) is 11.8 Å².